The molecule has 0 saturated heterocycles. The zero-order valence-electron chi connectivity index (χ0n) is 10.2. The summed E-state index contributed by atoms with van der Waals surface area (Å²) in [7, 11) is 1.64. The summed E-state index contributed by atoms with van der Waals surface area (Å²) in [6.45, 7) is 0.427. The minimum atomic E-state index is -4.41. The zero-order chi connectivity index (χ0) is 14.0. The molecule has 2 aromatic rings. The average molecular weight is 286 g/mol. The largest absolute Gasteiger partial charge is 0.418 e. The van der Waals surface area contributed by atoms with E-state index in [4.69, 9.17) is 5.73 Å². The highest BCUT2D eigenvalue weighted by Crippen LogP contribution is 2.37. The monoisotopic (exact) mass is 286 g/mol. The minimum absolute atomic E-state index is 0.111. The first kappa shape index (κ1) is 13.7. The fourth-order valence-electron chi connectivity index (χ4n) is 1.86. The molecule has 1 aromatic heterocycles. The second-order valence-electron chi connectivity index (χ2n) is 4.26. The Hall–Kier alpha value is -1.69. The van der Waals surface area contributed by atoms with E-state index in [9.17, 15) is 13.2 Å². The van der Waals surface area contributed by atoms with Gasteiger partial charge in [0.1, 0.15) is 0 Å². The number of thiophene rings is 1. The number of rotatable bonds is 3. The second-order valence-corrected chi connectivity index (χ2v) is 5.04. The van der Waals surface area contributed by atoms with Crippen molar-refractivity contribution in [2.75, 3.05) is 17.7 Å². The number of alkyl halides is 3. The number of hydrogen-bond donors (Lipinski definition) is 1. The molecule has 2 nitrogen and oxygen atoms in total. The van der Waals surface area contributed by atoms with Crippen LogP contribution in [-0.2, 0) is 12.7 Å². The Kier molecular flexibility index (Phi) is 3.71. The Balaban J connectivity index is 2.33. The summed E-state index contributed by atoms with van der Waals surface area (Å²) in [4.78, 5) is 1.57. The smallest absolute Gasteiger partial charge is 0.399 e. The first-order chi connectivity index (χ1) is 8.88. The summed E-state index contributed by atoms with van der Waals surface area (Å²) in [5, 5.41) is 3.82. The van der Waals surface area contributed by atoms with Gasteiger partial charge in [0.15, 0.2) is 0 Å². The van der Waals surface area contributed by atoms with Crippen LogP contribution in [0.25, 0.3) is 0 Å². The summed E-state index contributed by atoms with van der Waals surface area (Å²) < 4.78 is 39.0. The van der Waals surface area contributed by atoms with Crippen LogP contribution in [0.1, 0.15) is 11.1 Å². The number of anilines is 2. The topological polar surface area (TPSA) is 29.3 Å². The van der Waals surface area contributed by atoms with Crippen LogP contribution in [0, 0.1) is 0 Å². The van der Waals surface area contributed by atoms with Gasteiger partial charge < -0.3 is 10.6 Å². The van der Waals surface area contributed by atoms with Crippen molar-refractivity contribution >= 4 is 22.7 Å². The van der Waals surface area contributed by atoms with Gasteiger partial charge in [-0.25, -0.2) is 0 Å². The predicted octanol–water partition coefficient (Wildman–Crippen LogP) is 3.99. The lowest BCUT2D eigenvalue weighted by molar-refractivity contribution is -0.137. The van der Waals surface area contributed by atoms with Gasteiger partial charge in [0.05, 0.1) is 5.56 Å². The van der Waals surface area contributed by atoms with Crippen LogP contribution in [0.15, 0.2) is 35.0 Å². The maximum Gasteiger partial charge on any atom is 0.418 e. The van der Waals surface area contributed by atoms with Crippen LogP contribution < -0.4 is 10.6 Å². The fraction of sp³-hybridized carbons (Fsp3) is 0.231. The van der Waals surface area contributed by atoms with Gasteiger partial charge in [-0.1, -0.05) is 0 Å². The maximum absolute atomic E-state index is 13.0. The Labute approximate surface area is 113 Å². The predicted molar refractivity (Wildman–Crippen MR) is 72.3 cm³/mol. The number of halogens is 3. The third-order valence-electron chi connectivity index (χ3n) is 2.74. The Morgan fingerprint density at radius 1 is 1.26 bits per heavy atom. The van der Waals surface area contributed by atoms with E-state index in [0.717, 1.165) is 11.6 Å². The molecule has 0 saturated carbocycles. The number of benzene rings is 1. The molecule has 0 radical (unpaired) electrons. The van der Waals surface area contributed by atoms with Crippen molar-refractivity contribution in [3.63, 3.8) is 0 Å². The Morgan fingerprint density at radius 3 is 2.58 bits per heavy atom. The van der Waals surface area contributed by atoms with E-state index in [1.54, 1.807) is 11.9 Å². The maximum atomic E-state index is 13.0. The Bertz CT molecular complexity index is 550. The zero-order valence-corrected chi connectivity index (χ0v) is 11.1. The molecule has 0 unspecified atom stereocenters. The number of hydrogen-bond acceptors (Lipinski definition) is 3. The summed E-state index contributed by atoms with van der Waals surface area (Å²) >= 11 is 1.52. The van der Waals surface area contributed by atoms with E-state index < -0.39 is 11.7 Å². The van der Waals surface area contributed by atoms with Crippen LogP contribution in [-0.4, -0.2) is 7.05 Å². The van der Waals surface area contributed by atoms with Crippen LogP contribution in [0.2, 0.25) is 0 Å². The van der Waals surface area contributed by atoms with Gasteiger partial charge in [0.2, 0.25) is 0 Å². The molecule has 0 bridgehead atoms. The van der Waals surface area contributed by atoms with Gasteiger partial charge in [-0.2, -0.15) is 24.5 Å². The molecule has 0 amide bonds. The molecule has 0 aliphatic carbocycles. The highest BCUT2D eigenvalue weighted by molar-refractivity contribution is 7.07. The first-order valence-electron chi connectivity index (χ1n) is 5.57. The van der Waals surface area contributed by atoms with Crippen molar-refractivity contribution in [3.8, 4) is 0 Å². The highest BCUT2D eigenvalue weighted by Gasteiger charge is 2.34. The van der Waals surface area contributed by atoms with Gasteiger partial charge in [0, 0.05) is 25.0 Å². The van der Waals surface area contributed by atoms with E-state index in [2.05, 4.69) is 0 Å². The molecule has 0 aliphatic heterocycles. The van der Waals surface area contributed by atoms with E-state index in [0.29, 0.717) is 6.54 Å². The molecule has 1 heterocycles. The molecule has 1 aromatic carbocycles. The van der Waals surface area contributed by atoms with Crippen LogP contribution in [0.3, 0.4) is 0 Å². The van der Waals surface area contributed by atoms with Crippen molar-refractivity contribution in [2.45, 2.75) is 12.7 Å². The second kappa shape index (κ2) is 5.13. The van der Waals surface area contributed by atoms with E-state index >= 15 is 0 Å². The normalized spacial score (nSPS) is 11.6. The van der Waals surface area contributed by atoms with Gasteiger partial charge >= 0.3 is 6.18 Å². The van der Waals surface area contributed by atoms with E-state index in [-0.39, 0.29) is 11.4 Å². The quantitative estimate of drug-likeness (QED) is 0.865. The fourth-order valence-corrected chi connectivity index (χ4v) is 2.52. The third-order valence-corrected chi connectivity index (χ3v) is 3.47. The van der Waals surface area contributed by atoms with Crippen molar-refractivity contribution in [1.82, 2.24) is 0 Å². The molecule has 0 fully saturated rings. The lowest BCUT2D eigenvalue weighted by Crippen LogP contribution is -2.20. The number of nitrogens with zero attached hydrogens (tertiary/aromatic N) is 1. The lowest BCUT2D eigenvalue weighted by atomic mass is 10.1. The van der Waals surface area contributed by atoms with E-state index in [1.807, 2.05) is 16.8 Å². The first-order valence-corrected chi connectivity index (χ1v) is 6.51. The van der Waals surface area contributed by atoms with Crippen molar-refractivity contribution in [2.24, 2.45) is 0 Å². The number of nitrogens with two attached hydrogens (primary N) is 1. The minimum Gasteiger partial charge on any atom is -0.399 e. The van der Waals surface area contributed by atoms with Gasteiger partial charge in [-0.15, -0.1) is 0 Å². The van der Waals surface area contributed by atoms with Crippen LogP contribution in [0.5, 0.6) is 0 Å². The van der Waals surface area contributed by atoms with Gasteiger partial charge in [-0.05, 0) is 40.6 Å². The molecule has 2 rings (SSSR count). The molecular weight excluding hydrogens is 273 g/mol. The third kappa shape index (κ3) is 3.20. The molecule has 6 heteroatoms. The average Bonchev–Trinajstić information content (AvgIpc) is 2.80. The molecule has 0 aliphatic rings. The van der Waals surface area contributed by atoms with Crippen molar-refractivity contribution < 1.29 is 13.2 Å². The SMILES string of the molecule is CN(Cc1ccsc1)c1ccc(N)cc1C(F)(F)F. The highest BCUT2D eigenvalue weighted by atomic mass is 32.1. The van der Waals surface area contributed by atoms with Crippen LogP contribution >= 0.6 is 11.3 Å². The van der Waals surface area contributed by atoms with E-state index in [1.165, 1.54) is 23.5 Å². The Morgan fingerprint density at radius 2 is 2.00 bits per heavy atom. The van der Waals surface area contributed by atoms with Gasteiger partial charge in [-0.3, -0.25) is 0 Å². The molecule has 19 heavy (non-hydrogen) atoms. The summed E-state index contributed by atoms with van der Waals surface area (Å²) in [5.41, 5.74) is 5.97. The molecular formula is C13H13F3N2S. The summed E-state index contributed by atoms with van der Waals surface area (Å²) in [5.74, 6) is 0. The van der Waals surface area contributed by atoms with Gasteiger partial charge in [0.25, 0.3) is 0 Å². The summed E-state index contributed by atoms with van der Waals surface area (Å²) in [6.07, 6.45) is -4.41. The summed E-state index contributed by atoms with van der Waals surface area (Å²) in [6, 6.07) is 5.75. The lowest BCUT2D eigenvalue weighted by Gasteiger charge is -2.23. The molecule has 102 valence electrons. The molecule has 0 atom stereocenters. The van der Waals surface area contributed by atoms with Crippen molar-refractivity contribution in [3.05, 3.63) is 46.2 Å². The number of nitrogen functional groups attached to an aromatic ring is 1. The standard InChI is InChI=1S/C13H13F3N2S/c1-18(7-9-4-5-19-8-9)12-3-2-10(17)6-11(12)13(14,15)16/h2-6,8H,7,17H2,1H3. The van der Waals surface area contributed by atoms with Crippen molar-refractivity contribution in [1.29, 1.82) is 0 Å². The molecule has 2 N–H and O–H groups in total. The molecule has 0 spiro atoms. The van der Waals surface area contributed by atoms with Crippen LogP contribution in [0.4, 0.5) is 24.5 Å².